The lowest BCUT2D eigenvalue weighted by Gasteiger charge is -2.47. The molecule has 0 radical (unpaired) electrons. The van der Waals surface area contributed by atoms with Crippen molar-refractivity contribution < 1.29 is 4.74 Å². The van der Waals surface area contributed by atoms with Gasteiger partial charge in [-0.1, -0.05) is 79.4 Å². The van der Waals surface area contributed by atoms with Crippen LogP contribution in [0, 0.1) is 0 Å². The molecule has 0 bridgehead atoms. The van der Waals surface area contributed by atoms with E-state index in [2.05, 4.69) is 73.3 Å². The van der Waals surface area contributed by atoms with Crippen molar-refractivity contribution in [2.75, 3.05) is 0 Å². The Labute approximate surface area is 157 Å². The van der Waals surface area contributed by atoms with Gasteiger partial charge in [0.2, 0.25) is 0 Å². The van der Waals surface area contributed by atoms with E-state index in [0.29, 0.717) is 5.92 Å². The molecule has 0 aromatic heterocycles. The van der Waals surface area contributed by atoms with Crippen LogP contribution in [-0.4, -0.2) is 13.7 Å². The topological polar surface area (TPSA) is 9.23 Å². The maximum atomic E-state index is 6.76. The molecule has 0 fully saturated rings. The molecule has 0 N–H and O–H groups in total. The molecule has 0 unspecified atom stereocenters. The first kappa shape index (κ1) is 20.5. The molecule has 2 rings (SSSR count). The van der Waals surface area contributed by atoms with Crippen molar-refractivity contribution in [3.8, 4) is 5.75 Å². The number of benzene rings is 1. The molecule has 2 heteroatoms. The molecule has 1 nitrogen and oxygen atoms in total. The van der Waals surface area contributed by atoms with Crippen molar-refractivity contribution >= 4 is 8.07 Å². The van der Waals surface area contributed by atoms with Crippen molar-refractivity contribution in [3.05, 3.63) is 28.8 Å². The minimum absolute atomic E-state index is 0.0000200. The van der Waals surface area contributed by atoms with Crippen LogP contribution >= 0.6 is 0 Å². The molecular weight excluding hydrogens is 320 g/mol. The summed E-state index contributed by atoms with van der Waals surface area (Å²) in [4.78, 5) is 0. The zero-order valence-electron chi connectivity index (χ0n) is 18.2. The first-order chi connectivity index (χ1) is 11.4. The first-order valence-electron chi connectivity index (χ1n) is 10.3. The van der Waals surface area contributed by atoms with Gasteiger partial charge in [-0.15, -0.1) is 0 Å². The van der Waals surface area contributed by atoms with E-state index in [-0.39, 0.29) is 11.0 Å². The Morgan fingerprint density at radius 2 is 1.68 bits per heavy atom. The summed E-state index contributed by atoms with van der Waals surface area (Å²) in [5.74, 6) is 1.70. The molecule has 0 amide bonds. The fourth-order valence-electron chi connectivity index (χ4n) is 4.22. The summed E-state index contributed by atoms with van der Waals surface area (Å²) in [6, 6.07) is 6.27. The second-order valence-corrected chi connectivity index (χ2v) is 16.0. The standard InChI is InChI=1S/C23H40OSi/c1-10-23(11-2)16-22(5,6)20-15-18(12-13-25(7,8)9)14-19(17(3)4)21(20)24-23/h14-15,17H,10-13,16H2,1-9H3. The predicted octanol–water partition coefficient (Wildman–Crippen LogP) is 7.31. The van der Waals surface area contributed by atoms with Gasteiger partial charge in [0.1, 0.15) is 11.4 Å². The Kier molecular flexibility index (Phi) is 5.83. The lowest BCUT2D eigenvalue weighted by molar-refractivity contribution is 0.0105. The molecule has 0 saturated carbocycles. The van der Waals surface area contributed by atoms with Crippen LogP contribution in [-0.2, 0) is 11.8 Å². The highest BCUT2D eigenvalue weighted by molar-refractivity contribution is 6.76. The number of aryl methyl sites for hydroxylation is 1. The highest BCUT2D eigenvalue weighted by Crippen LogP contribution is 2.50. The summed E-state index contributed by atoms with van der Waals surface area (Å²) in [7, 11) is -1.02. The lowest BCUT2D eigenvalue weighted by Crippen LogP contribution is -2.45. The van der Waals surface area contributed by atoms with Gasteiger partial charge in [-0.05, 0) is 48.1 Å². The zero-order chi connectivity index (χ0) is 19.0. The predicted molar refractivity (Wildman–Crippen MR) is 114 cm³/mol. The Hall–Kier alpha value is -0.763. The van der Waals surface area contributed by atoms with Gasteiger partial charge in [0.25, 0.3) is 0 Å². The van der Waals surface area contributed by atoms with Crippen LogP contribution in [0.4, 0.5) is 0 Å². The monoisotopic (exact) mass is 360 g/mol. The molecule has 1 aromatic carbocycles. The van der Waals surface area contributed by atoms with Gasteiger partial charge in [-0.25, -0.2) is 0 Å². The van der Waals surface area contributed by atoms with Crippen LogP contribution in [0.5, 0.6) is 5.75 Å². The van der Waals surface area contributed by atoms with E-state index in [1.165, 1.54) is 34.9 Å². The van der Waals surface area contributed by atoms with E-state index in [0.717, 1.165) is 19.3 Å². The molecule has 1 heterocycles. The minimum atomic E-state index is -1.02. The van der Waals surface area contributed by atoms with Crippen LogP contribution in [0.25, 0.3) is 0 Å². The largest absolute Gasteiger partial charge is 0.487 e. The summed E-state index contributed by atoms with van der Waals surface area (Å²) in [5.41, 5.74) is 4.56. The van der Waals surface area contributed by atoms with Gasteiger partial charge in [0.15, 0.2) is 0 Å². The smallest absolute Gasteiger partial charge is 0.127 e. The van der Waals surface area contributed by atoms with Crippen molar-refractivity contribution in [2.45, 2.75) is 110 Å². The van der Waals surface area contributed by atoms with E-state index in [1.807, 2.05) is 0 Å². The van der Waals surface area contributed by atoms with Gasteiger partial charge in [0, 0.05) is 13.6 Å². The maximum Gasteiger partial charge on any atom is 0.127 e. The minimum Gasteiger partial charge on any atom is -0.487 e. The van der Waals surface area contributed by atoms with Crippen molar-refractivity contribution in [1.82, 2.24) is 0 Å². The van der Waals surface area contributed by atoms with Gasteiger partial charge < -0.3 is 4.74 Å². The average molecular weight is 361 g/mol. The quantitative estimate of drug-likeness (QED) is 0.483. The van der Waals surface area contributed by atoms with E-state index in [9.17, 15) is 0 Å². The Bertz CT molecular complexity index is 603. The second-order valence-electron chi connectivity index (χ2n) is 10.3. The number of hydrogen-bond donors (Lipinski definition) is 0. The molecule has 1 aliphatic rings. The molecule has 0 saturated heterocycles. The van der Waals surface area contributed by atoms with Crippen LogP contribution < -0.4 is 4.74 Å². The number of fused-ring (bicyclic) bond motifs is 1. The maximum absolute atomic E-state index is 6.76. The van der Waals surface area contributed by atoms with Crippen molar-refractivity contribution in [3.63, 3.8) is 0 Å². The first-order valence-corrected chi connectivity index (χ1v) is 14.0. The van der Waals surface area contributed by atoms with Crippen molar-refractivity contribution in [1.29, 1.82) is 0 Å². The third-order valence-corrected chi connectivity index (χ3v) is 7.81. The van der Waals surface area contributed by atoms with Gasteiger partial charge in [-0.2, -0.15) is 0 Å². The summed E-state index contributed by atoms with van der Waals surface area (Å²) in [6.07, 6.45) is 4.50. The molecule has 0 spiro atoms. The third kappa shape index (κ3) is 4.50. The second kappa shape index (κ2) is 7.10. The van der Waals surface area contributed by atoms with Crippen LogP contribution in [0.2, 0.25) is 25.7 Å². The SMILES string of the molecule is CCC1(CC)CC(C)(C)c2cc(CC[Si](C)(C)C)cc(C(C)C)c2O1. The molecule has 142 valence electrons. The molecular formula is C23H40OSi. The lowest BCUT2D eigenvalue weighted by atomic mass is 9.69. The summed E-state index contributed by atoms with van der Waals surface area (Å²) in [6.45, 7) is 21.4. The third-order valence-electron chi connectivity index (χ3n) is 6.06. The zero-order valence-corrected chi connectivity index (χ0v) is 19.2. The average Bonchev–Trinajstić information content (AvgIpc) is 2.51. The molecule has 1 aliphatic heterocycles. The summed E-state index contributed by atoms with van der Waals surface area (Å²) < 4.78 is 6.76. The number of ether oxygens (including phenoxy) is 1. The molecule has 0 atom stereocenters. The molecule has 25 heavy (non-hydrogen) atoms. The van der Waals surface area contributed by atoms with Crippen LogP contribution in [0.15, 0.2) is 12.1 Å². The Morgan fingerprint density at radius 1 is 1.08 bits per heavy atom. The van der Waals surface area contributed by atoms with E-state index < -0.39 is 8.07 Å². The van der Waals surface area contributed by atoms with Gasteiger partial charge in [-0.3, -0.25) is 0 Å². The van der Waals surface area contributed by atoms with Gasteiger partial charge in [0.05, 0.1) is 0 Å². The number of rotatable bonds is 6. The van der Waals surface area contributed by atoms with Crippen molar-refractivity contribution in [2.24, 2.45) is 0 Å². The summed E-state index contributed by atoms with van der Waals surface area (Å²) >= 11 is 0. The van der Waals surface area contributed by atoms with Crippen LogP contribution in [0.3, 0.4) is 0 Å². The molecule has 1 aromatic rings. The van der Waals surface area contributed by atoms with E-state index >= 15 is 0 Å². The highest BCUT2D eigenvalue weighted by Gasteiger charge is 2.43. The van der Waals surface area contributed by atoms with Crippen LogP contribution in [0.1, 0.15) is 83.4 Å². The molecule has 0 aliphatic carbocycles. The normalized spacial score (nSPS) is 18.8. The summed E-state index contributed by atoms with van der Waals surface area (Å²) in [5, 5.41) is 0. The highest BCUT2D eigenvalue weighted by atomic mass is 28.3. The van der Waals surface area contributed by atoms with Gasteiger partial charge >= 0.3 is 0 Å². The Morgan fingerprint density at radius 3 is 2.16 bits per heavy atom. The van der Waals surface area contributed by atoms with E-state index in [4.69, 9.17) is 4.74 Å². The fraction of sp³-hybridized carbons (Fsp3) is 0.739. The Balaban J connectivity index is 2.53. The number of hydrogen-bond acceptors (Lipinski definition) is 1. The fourth-order valence-corrected chi connectivity index (χ4v) is 5.26. The van der Waals surface area contributed by atoms with E-state index in [1.54, 1.807) is 0 Å².